The van der Waals surface area contributed by atoms with E-state index in [1.165, 1.54) is 18.5 Å². The highest BCUT2D eigenvalue weighted by molar-refractivity contribution is 6.05. The maximum absolute atomic E-state index is 13.7. The van der Waals surface area contributed by atoms with E-state index in [4.69, 9.17) is 4.74 Å². The summed E-state index contributed by atoms with van der Waals surface area (Å²) >= 11 is 0. The van der Waals surface area contributed by atoms with Gasteiger partial charge in [-0.2, -0.15) is 13.2 Å². The number of esters is 1. The third-order valence-electron chi connectivity index (χ3n) is 7.22. The number of alkyl halides is 3. The second-order valence-corrected chi connectivity index (χ2v) is 9.52. The van der Waals surface area contributed by atoms with Crippen molar-refractivity contribution in [2.75, 3.05) is 6.61 Å². The number of carbonyl (C=O) groups is 2. The van der Waals surface area contributed by atoms with Gasteiger partial charge in [-0.25, -0.2) is 9.78 Å². The molecule has 1 fully saturated rings. The molecule has 0 saturated heterocycles. The van der Waals surface area contributed by atoms with Gasteiger partial charge in [0.05, 0.1) is 23.7 Å². The SMILES string of the molecule is CCOC(=O)[C@H](Cc1ccc(-n2c(C(F)(F)F)nc3cnccc32)cc1)NC1=CC(=O)C12CCCCC2. The van der Waals surface area contributed by atoms with Gasteiger partial charge in [0.25, 0.3) is 0 Å². The molecule has 0 aliphatic heterocycles. The molecule has 0 radical (unpaired) electrons. The molecule has 10 heteroatoms. The number of carbonyl (C=O) groups excluding carboxylic acids is 2. The van der Waals surface area contributed by atoms with E-state index in [0.717, 1.165) is 47.9 Å². The molecule has 2 aliphatic rings. The van der Waals surface area contributed by atoms with Crippen LogP contribution in [0, 0.1) is 5.41 Å². The van der Waals surface area contributed by atoms with Crippen molar-refractivity contribution in [3.05, 3.63) is 65.9 Å². The Morgan fingerprint density at radius 2 is 1.89 bits per heavy atom. The predicted molar refractivity (Wildman–Crippen MR) is 130 cm³/mol. The van der Waals surface area contributed by atoms with Crippen molar-refractivity contribution in [3.63, 3.8) is 0 Å². The van der Waals surface area contributed by atoms with Crippen molar-refractivity contribution in [1.82, 2.24) is 19.9 Å². The molecule has 2 aliphatic carbocycles. The Kier molecular flexibility index (Phi) is 6.51. The number of fused-ring (bicyclic) bond motifs is 1. The van der Waals surface area contributed by atoms with Crippen LogP contribution in [0.3, 0.4) is 0 Å². The van der Waals surface area contributed by atoms with Crippen LogP contribution in [0.2, 0.25) is 0 Å². The third kappa shape index (κ3) is 4.60. The van der Waals surface area contributed by atoms with E-state index in [0.29, 0.717) is 11.2 Å². The van der Waals surface area contributed by atoms with E-state index < -0.39 is 29.4 Å². The minimum atomic E-state index is -4.65. The number of nitrogens with one attached hydrogen (secondary N) is 1. The first-order valence-electron chi connectivity index (χ1n) is 12.4. The zero-order valence-electron chi connectivity index (χ0n) is 20.3. The van der Waals surface area contributed by atoms with E-state index in [-0.39, 0.29) is 24.3 Å². The maximum atomic E-state index is 13.7. The summed E-state index contributed by atoms with van der Waals surface area (Å²) in [5.41, 5.74) is 1.71. The van der Waals surface area contributed by atoms with Crippen LogP contribution < -0.4 is 5.32 Å². The largest absolute Gasteiger partial charge is 0.464 e. The van der Waals surface area contributed by atoms with E-state index in [1.54, 1.807) is 37.3 Å². The number of ether oxygens (including phenoxy) is 1. The number of hydrogen-bond acceptors (Lipinski definition) is 6. The Balaban J connectivity index is 1.41. The lowest BCUT2D eigenvalue weighted by Gasteiger charge is -2.44. The van der Waals surface area contributed by atoms with E-state index in [1.807, 2.05) is 0 Å². The highest BCUT2D eigenvalue weighted by atomic mass is 19.4. The number of allylic oxidation sites excluding steroid dienone is 2. The fourth-order valence-corrected chi connectivity index (χ4v) is 5.34. The summed E-state index contributed by atoms with van der Waals surface area (Å²) in [6.07, 6.45) is 4.45. The Bertz CT molecular complexity index is 1360. The average Bonchev–Trinajstić information content (AvgIpc) is 3.29. The van der Waals surface area contributed by atoms with Crippen molar-refractivity contribution < 1.29 is 27.5 Å². The van der Waals surface area contributed by atoms with Gasteiger partial charge in [-0.3, -0.25) is 14.3 Å². The van der Waals surface area contributed by atoms with Crippen molar-refractivity contribution in [2.45, 2.75) is 57.7 Å². The number of rotatable bonds is 7. The number of halogens is 3. The van der Waals surface area contributed by atoms with Gasteiger partial charge < -0.3 is 10.1 Å². The zero-order chi connectivity index (χ0) is 26.2. The number of benzene rings is 1. The normalized spacial score (nSPS) is 17.8. The van der Waals surface area contributed by atoms with Crippen LogP contribution >= 0.6 is 0 Å². The quantitative estimate of drug-likeness (QED) is 0.453. The van der Waals surface area contributed by atoms with Crippen LogP contribution in [0.1, 0.15) is 50.4 Å². The number of hydrogen-bond donors (Lipinski definition) is 1. The molecule has 1 saturated carbocycles. The second-order valence-electron chi connectivity index (χ2n) is 9.52. The first-order valence-corrected chi connectivity index (χ1v) is 12.4. The van der Waals surface area contributed by atoms with Gasteiger partial charge in [-0.05, 0) is 43.5 Å². The van der Waals surface area contributed by atoms with Gasteiger partial charge in [0.1, 0.15) is 11.6 Å². The summed E-state index contributed by atoms with van der Waals surface area (Å²) in [5, 5.41) is 3.27. The topological polar surface area (TPSA) is 86.1 Å². The van der Waals surface area contributed by atoms with Crippen LogP contribution in [0.5, 0.6) is 0 Å². The number of pyridine rings is 1. The van der Waals surface area contributed by atoms with Gasteiger partial charge in [-0.15, -0.1) is 0 Å². The minimum Gasteiger partial charge on any atom is -0.464 e. The van der Waals surface area contributed by atoms with Crippen molar-refractivity contribution in [2.24, 2.45) is 5.41 Å². The maximum Gasteiger partial charge on any atom is 0.450 e. The molecule has 0 unspecified atom stereocenters. The summed E-state index contributed by atoms with van der Waals surface area (Å²) in [6.45, 7) is 1.93. The standard InChI is InChI=1S/C27H27F3N4O3/c1-2-37-24(36)19(32-22-15-23(35)26(22)11-4-3-5-12-26)14-17-6-8-18(9-7-17)34-21-10-13-31-16-20(21)33-25(34)27(28,29)30/h6-10,13,15-16,19,32H,2-5,11-12,14H2,1H3/t19-/m0/s1. The number of nitrogens with zero attached hydrogens (tertiary/aromatic N) is 3. The molecule has 0 bridgehead atoms. The molecule has 1 N–H and O–H groups in total. The van der Waals surface area contributed by atoms with Crippen molar-refractivity contribution >= 4 is 22.8 Å². The first-order chi connectivity index (χ1) is 17.7. The van der Waals surface area contributed by atoms with E-state index in [2.05, 4.69) is 15.3 Å². The summed E-state index contributed by atoms with van der Waals surface area (Å²) < 4.78 is 47.5. The van der Waals surface area contributed by atoms with Crippen molar-refractivity contribution in [1.29, 1.82) is 0 Å². The summed E-state index contributed by atoms with van der Waals surface area (Å²) in [4.78, 5) is 32.9. The minimum absolute atomic E-state index is 0.102. The third-order valence-corrected chi connectivity index (χ3v) is 7.22. The molecule has 2 aromatic heterocycles. The number of ketones is 1. The molecule has 194 valence electrons. The van der Waals surface area contributed by atoms with Crippen LogP contribution in [0.25, 0.3) is 16.7 Å². The Hall–Kier alpha value is -3.69. The molecule has 0 amide bonds. The van der Waals surface area contributed by atoms with Gasteiger partial charge in [-0.1, -0.05) is 31.4 Å². The molecular formula is C27H27F3N4O3. The smallest absolute Gasteiger partial charge is 0.450 e. The highest BCUT2D eigenvalue weighted by Gasteiger charge is 2.49. The summed E-state index contributed by atoms with van der Waals surface area (Å²) in [5.74, 6) is -1.37. The molecule has 7 nitrogen and oxygen atoms in total. The highest BCUT2D eigenvalue weighted by Crippen LogP contribution is 2.48. The van der Waals surface area contributed by atoms with E-state index in [9.17, 15) is 22.8 Å². The molecule has 5 rings (SSSR count). The monoisotopic (exact) mass is 512 g/mol. The fraction of sp³-hybridized carbons (Fsp3) is 0.407. The van der Waals surface area contributed by atoms with Crippen LogP contribution in [0.15, 0.2) is 54.5 Å². The second kappa shape index (κ2) is 9.64. The molecule has 37 heavy (non-hydrogen) atoms. The zero-order valence-corrected chi connectivity index (χ0v) is 20.3. The first kappa shape index (κ1) is 25.0. The summed E-state index contributed by atoms with van der Waals surface area (Å²) in [7, 11) is 0. The van der Waals surface area contributed by atoms with E-state index >= 15 is 0 Å². The average molecular weight is 513 g/mol. The molecule has 1 atom stereocenters. The lowest BCUT2D eigenvalue weighted by Crippen LogP contribution is -2.52. The van der Waals surface area contributed by atoms with Crippen LogP contribution in [0.4, 0.5) is 13.2 Å². The van der Waals surface area contributed by atoms with Gasteiger partial charge in [0.2, 0.25) is 5.82 Å². The van der Waals surface area contributed by atoms with Crippen LogP contribution in [-0.2, 0) is 26.9 Å². The molecular weight excluding hydrogens is 485 g/mol. The van der Waals surface area contributed by atoms with Gasteiger partial charge in [0, 0.05) is 30.1 Å². The molecule has 1 spiro atoms. The Morgan fingerprint density at radius 1 is 1.16 bits per heavy atom. The van der Waals surface area contributed by atoms with Gasteiger partial charge >= 0.3 is 12.1 Å². The lowest BCUT2D eigenvalue weighted by atomic mass is 9.62. The Morgan fingerprint density at radius 3 is 2.54 bits per heavy atom. The Labute approximate surface area is 211 Å². The number of aromatic nitrogens is 3. The fourth-order valence-electron chi connectivity index (χ4n) is 5.34. The van der Waals surface area contributed by atoms with Crippen LogP contribution in [-0.4, -0.2) is 38.9 Å². The molecule has 1 aromatic carbocycles. The predicted octanol–water partition coefficient (Wildman–Crippen LogP) is 4.92. The lowest BCUT2D eigenvalue weighted by molar-refractivity contribution is -0.146. The molecule has 2 heterocycles. The molecule has 3 aromatic rings. The van der Waals surface area contributed by atoms with Gasteiger partial charge in [0.15, 0.2) is 5.78 Å². The number of imidazole rings is 1. The summed E-state index contributed by atoms with van der Waals surface area (Å²) in [6, 6.07) is 7.28. The van der Waals surface area contributed by atoms with Crippen molar-refractivity contribution in [3.8, 4) is 5.69 Å².